The van der Waals surface area contributed by atoms with Crippen LogP contribution in [0.1, 0.15) is 43.9 Å². The maximum Gasteiger partial charge on any atom is 0.189 e. The van der Waals surface area contributed by atoms with Gasteiger partial charge in [0, 0.05) is 30.1 Å². The lowest BCUT2D eigenvalue weighted by molar-refractivity contribution is 0.222. The molecular formula is C23H25ClFNO3. The van der Waals surface area contributed by atoms with E-state index in [-0.39, 0.29) is 29.5 Å². The number of aliphatic hydroxyl groups is 1. The Hall–Kier alpha value is -2.37. The van der Waals surface area contributed by atoms with Crippen LogP contribution in [0.25, 0.3) is 10.9 Å². The highest BCUT2D eigenvalue weighted by atomic mass is 35.5. The van der Waals surface area contributed by atoms with E-state index in [9.17, 15) is 14.3 Å². The average Bonchev–Trinajstić information content (AvgIpc) is 2.71. The monoisotopic (exact) mass is 417 g/mol. The number of halogens is 2. The van der Waals surface area contributed by atoms with Crippen LogP contribution >= 0.6 is 11.6 Å². The van der Waals surface area contributed by atoms with Gasteiger partial charge in [-0.1, -0.05) is 37.1 Å². The summed E-state index contributed by atoms with van der Waals surface area (Å²) in [5.41, 5.74) is 1.73. The summed E-state index contributed by atoms with van der Waals surface area (Å²) in [7, 11) is 0. The van der Waals surface area contributed by atoms with E-state index in [1.807, 2.05) is 17.6 Å². The molecule has 0 aliphatic rings. The summed E-state index contributed by atoms with van der Waals surface area (Å²) in [5, 5.41) is 10.4. The first-order chi connectivity index (χ1) is 14.0. The van der Waals surface area contributed by atoms with Gasteiger partial charge in [-0.15, -0.1) is 0 Å². The van der Waals surface area contributed by atoms with Crippen LogP contribution in [0.3, 0.4) is 0 Å². The van der Waals surface area contributed by atoms with Crippen LogP contribution in [0.5, 0.6) is 5.75 Å². The Morgan fingerprint density at radius 2 is 2.00 bits per heavy atom. The van der Waals surface area contributed by atoms with Gasteiger partial charge in [-0.2, -0.15) is 0 Å². The number of hydrogen-bond acceptors (Lipinski definition) is 3. The molecule has 0 bridgehead atoms. The molecular weight excluding hydrogens is 393 g/mol. The molecule has 154 valence electrons. The van der Waals surface area contributed by atoms with E-state index >= 15 is 0 Å². The summed E-state index contributed by atoms with van der Waals surface area (Å²) in [6.07, 6.45) is 3.66. The quantitative estimate of drug-likeness (QED) is 0.553. The maximum atomic E-state index is 14.4. The van der Waals surface area contributed by atoms with Crippen molar-refractivity contribution in [2.75, 3.05) is 13.2 Å². The Balaban J connectivity index is 2.18. The summed E-state index contributed by atoms with van der Waals surface area (Å²) in [6, 6.07) is 9.83. The Kier molecular flexibility index (Phi) is 6.93. The molecule has 0 fully saturated rings. The minimum atomic E-state index is -0.467. The second kappa shape index (κ2) is 9.42. The topological polar surface area (TPSA) is 51.5 Å². The summed E-state index contributed by atoms with van der Waals surface area (Å²) in [6.45, 7) is 4.34. The van der Waals surface area contributed by atoms with Gasteiger partial charge in [-0.3, -0.25) is 4.79 Å². The predicted molar refractivity (Wildman–Crippen MR) is 115 cm³/mol. The number of hydrogen-bond donors (Lipinski definition) is 1. The van der Waals surface area contributed by atoms with Crippen LogP contribution in [-0.2, 0) is 6.42 Å². The molecule has 0 aliphatic carbocycles. The number of aliphatic hydroxyl groups excluding tert-OH is 1. The number of fused-ring (bicyclic) bond motifs is 1. The van der Waals surface area contributed by atoms with Crippen LogP contribution in [0.2, 0.25) is 5.02 Å². The Morgan fingerprint density at radius 3 is 2.69 bits per heavy atom. The zero-order valence-corrected chi connectivity index (χ0v) is 17.4. The zero-order valence-electron chi connectivity index (χ0n) is 16.6. The van der Waals surface area contributed by atoms with Crippen molar-refractivity contribution in [1.29, 1.82) is 0 Å². The van der Waals surface area contributed by atoms with Gasteiger partial charge < -0.3 is 14.4 Å². The van der Waals surface area contributed by atoms with Gasteiger partial charge in [0.15, 0.2) is 5.43 Å². The molecule has 3 aromatic rings. The Bertz CT molecular complexity index is 1060. The number of ether oxygens (including phenoxy) is 1. The van der Waals surface area contributed by atoms with E-state index in [2.05, 4.69) is 6.92 Å². The van der Waals surface area contributed by atoms with E-state index < -0.39 is 5.82 Å². The molecule has 1 aromatic heterocycles. The van der Waals surface area contributed by atoms with E-state index in [0.717, 1.165) is 12.8 Å². The highest BCUT2D eigenvalue weighted by Crippen LogP contribution is 2.30. The molecule has 29 heavy (non-hydrogen) atoms. The smallest absolute Gasteiger partial charge is 0.189 e. The maximum absolute atomic E-state index is 14.4. The molecule has 0 radical (unpaired) electrons. The first kappa shape index (κ1) is 21.3. The van der Waals surface area contributed by atoms with Gasteiger partial charge >= 0.3 is 0 Å². The molecule has 6 heteroatoms. The first-order valence-electron chi connectivity index (χ1n) is 9.84. The van der Waals surface area contributed by atoms with Crippen LogP contribution in [-0.4, -0.2) is 22.9 Å². The molecule has 4 nitrogen and oxygen atoms in total. The van der Waals surface area contributed by atoms with Crippen molar-refractivity contribution in [1.82, 2.24) is 4.57 Å². The molecule has 0 saturated carbocycles. The fraction of sp³-hybridized carbons (Fsp3) is 0.348. The third kappa shape index (κ3) is 4.46. The van der Waals surface area contributed by atoms with E-state index in [1.54, 1.807) is 24.4 Å². The van der Waals surface area contributed by atoms with Crippen molar-refractivity contribution < 1.29 is 14.2 Å². The number of aromatic nitrogens is 1. The highest BCUT2D eigenvalue weighted by molar-refractivity contribution is 6.30. The molecule has 0 unspecified atom stereocenters. The van der Waals surface area contributed by atoms with Crippen LogP contribution in [0.4, 0.5) is 4.39 Å². The summed E-state index contributed by atoms with van der Waals surface area (Å²) in [4.78, 5) is 12.6. The average molecular weight is 418 g/mol. The Morgan fingerprint density at radius 1 is 1.21 bits per heavy atom. The van der Waals surface area contributed by atoms with Gasteiger partial charge in [-0.05, 0) is 36.6 Å². The van der Waals surface area contributed by atoms with E-state index in [0.29, 0.717) is 34.4 Å². The predicted octanol–water partition coefficient (Wildman–Crippen LogP) is 5.12. The third-order valence-corrected chi connectivity index (χ3v) is 5.34. The fourth-order valence-electron chi connectivity index (χ4n) is 3.63. The standard InChI is InChI=1S/C23H25ClFNO3/c1-3-6-17(14-27)26-10-9-21(28)18-12-16(22(29-4-2)13-20(18)26)11-15-7-5-8-19(24)23(15)25/h5,7-10,12-13,17,27H,3-4,6,11,14H2,1-2H3/t17-/m0/s1. The van der Waals surface area contributed by atoms with Crippen molar-refractivity contribution in [3.05, 3.63) is 74.8 Å². The van der Waals surface area contributed by atoms with Crippen molar-refractivity contribution in [2.24, 2.45) is 0 Å². The fourth-order valence-corrected chi connectivity index (χ4v) is 3.83. The normalized spacial score (nSPS) is 12.3. The summed E-state index contributed by atoms with van der Waals surface area (Å²) >= 11 is 5.92. The second-order valence-corrected chi connectivity index (χ2v) is 7.42. The van der Waals surface area contributed by atoms with Gasteiger partial charge in [0.05, 0.1) is 29.8 Å². The molecule has 0 aliphatic heterocycles. The van der Waals surface area contributed by atoms with Gasteiger partial charge in [0.2, 0.25) is 0 Å². The Labute approximate surface area is 174 Å². The second-order valence-electron chi connectivity index (χ2n) is 7.01. The van der Waals surface area contributed by atoms with Crippen molar-refractivity contribution in [3.8, 4) is 5.75 Å². The molecule has 1 heterocycles. The van der Waals surface area contributed by atoms with Crippen LogP contribution < -0.4 is 10.2 Å². The SMILES string of the molecule is CCC[C@@H](CO)n1ccc(=O)c2cc(Cc3cccc(Cl)c3F)c(OCC)cc21. The van der Waals surface area contributed by atoms with Crippen LogP contribution in [0, 0.1) is 5.82 Å². The van der Waals surface area contributed by atoms with E-state index in [4.69, 9.17) is 16.3 Å². The van der Waals surface area contributed by atoms with Crippen LogP contribution in [0.15, 0.2) is 47.4 Å². The molecule has 0 saturated heterocycles. The molecule has 0 spiro atoms. The highest BCUT2D eigenvalue weighted by Gasteiger charge is 2.17. The zero-order chi connectivity index (χ0) is 21.0. The van der Waals surface area contributed by atoms with Gasteiger partial charge in [-0.25, -0.2) is 4.39 Å². The number of benzene rings is 2. The third-order valence-electron chi connectivity index (χ3n) is 5.05. The molecule has 1 atom stereocenters. The van der Waals surface area contributed by atoms with E-state index in [1.165, 1.54) is 12.1 Å². The van der Waals surface area contributed by atoms with Crippen molar-refractivity contribution >= 4 is 22.5 Å². The molecule has 3 rings (SSSR count). The van der Waals surface area contributed by atoms with Crippen molar-refractivity contribution in [2.45, 2.75) is 39.2 Å². The summed E-state index contributed by atoms with van der Waals surface area (Å²) in [5.74, 6) is 0.123. The first-order valence-corrected chi connectivity index (χ1v) is 10.2. The minimum absolute atomic E-state index is 0.0226. The minimum Gasteiger partial charge on any atom is -0.494 e. The van der Waals surface area contributed by atoms with Crippen molar-refractivity contribution in [3.63, 3.8) is 0 Å². The summed E-state index contributed by atoms with van der Waals surface area (Å²) < 4.78 is 22.2. The molecule has 2 aromatic carbocycles. The van der Waals surface area contributed by atoms with Gasteiger partial charge in [0.1, 0.15) is 11.6 Å². The number of nitrogens with zero attached hydrogens (tertiary/aromatic N) is 1. The number of pyridine rings is 1. The lowest BCUT2D eigenvalue weighted by Crippen LogP contribution is -2.17. The molecule has 1 N–H and O–H groups in total. The molecule has 0 amide bonds. The lowest BCUT2D eigenvalue weighted by Gasteiger charge is -2.21. The largest absolute Gasteiger partial charge is 0.494 e. The van der Waals surface area contributed by atoms with Gasteiger partial charge in [0.25, 0.3) is 0 Å². The number of rotatable bonds is 8. The lowest BCUT2D eigenvalue weighted by atomic mass is 10.0.